The van der Waals surface area contributed by atoms with Gasteiger partial charge in [0.05, 0.1) is 25.3 Å². The van der Waals surface area contributed by atoms with Crippen LogP contribution in [0.5, 0.6) is 17.2 Å². The molecule has 8 nitrogen and oxygen atoms in total. The van der Waals surface area contributed by atoms with E-state index in [1.165, 1.54) is 12.0 Å². The molecule has 2 aromatic carbocycles. The summed E-state index contributed by atoms with van der Waals surface area (Å²) < 4.78 is 17.0. The van der Waals surface area contributed by atoms with Crippen LogP contribution in [0.25, 0.3) is 5.76 Å². The first kappa shape index (κ1) is 28.8. The van der Waals surface area contributed by atoms with Crippen LogP contribution in [-0.4, -0.2) is 74.1 Å². The summed E-state index contributed by atoms with van der Waals surface area (Å²) in [5.41, 5.74) is 1.86. The third kappa shape index (κ3) is 6.37. The summed E-state index contributed by atoms with van der Waals surface area (Å²) in [5.74, 6) is 0.400. The lowest BCUT2D eigenvalue weighted by atomic mass is 9.93. The molecule has 2 aromatic rings. The average Bonchev–Trinajstić information content (AvgIpc) is 3.14. The van der Waals surface area contributed by atoms with Gasteiger partial charge in [0.2, 0.25) is 0 Å². The number of amides is 1. The summed E-state index contributed by atoms with van der Waals surface area (Å²) in [4.78, 5) is 30.0. The van der Waals surface area contributed by atoms with Crippen LogP contribution in [0, 0.1) is 12.8 Å². The van der Waals surface area contributed by atoms with Crippen LogP contribution in [0.2, 0.25) is 0 Å². The van der Waals surface area contributed by atoms with Gasteiger partial charge < -0.3 is 29.1 Å². The fourth-order valence-corrected chi connectivity index (χ4v) is 4.29. The summed E-state index contributed by atoms with van der Waals surface area (Å²) >= 11 is 0. The molecule has 1 heterocycles. The summed E-state index contributed by atoms with van der Waals surface area (Å²) in [6, 6.07) is 9.75. The van der Waals surface area contributed by atoms with Crippen LogP contribution in [0.1, 0.15) is 36.6 Å². The highest BCUT2D eigenvalue weighted by atomic mass is 16.5. The highest BCUT2D eigenvalue weighted by Gasteiger charge is 2.46. The van der Waals surface area contributed by atoms with Gasteiger partial charge in [0.1, 0.15) is 18.1 Å². The van der Waals surface area contributed by atoms with E-state index in [-0.39, 0.29) is 11.3 Å². The number of ether oxygens (including phenoxy) is 3. The van der Waals surface area contributed by atoms with Crippen molar-refractivity contribution in [2.24, 2.45) is 5.92 Å². The quantitative estimate of drug-likeness (QED) is 0.189. The predicted octanol–water partition coefficient (Wildman–Crippen LogP) is 4.59. The third-order valence-corrected chi connectivity index (χ3v) is 6.22. The monoisotopic (exact) mass is 522 g/mol. The van der Waals surface area contributed by atoms with Gasteiger partial charge in [-0.25, -0.2) is 0 Å². The number of benzene rings is 2. The lowest BCUT2D eigenvalue weighted by Gasteiger charge is -2.27. The van der Waals surface area contributed by atoms with Gasteiger partial charge in [0, 0.05) is 18.7 Å². The Balaban J connectivity index is 2.12. The highest BCUT2D eigenvalue weighted by Crippen LogP contribution is 2.42. The fraction of sp³-hybridized carbons (Fsp3) is 0.400. The Morgan fingerprint density at radius 2 is 1.87 bits per heavy atom. The number of ketones is 1. The molecule has 0 aliphatic carbocycles. The first-order chi connectivity index (χ1) is 18.1. The number of nitrogens with zero attached hydrogens (tertiary/aromatic N) is 2. The van der Waals surface area contributed by atoms with Crippen molar-refractivity contribution in [3.05, 3.63) is 71.3 Å². The number of hydrogen-bond donors (Lipinski definition) is 1. The van der Waals surface area contributed by atoms with Crippen LogP contribution >= 0.6 is 0 Å². The van der Waals surface area contributed by atoms with Crippen LogP contribution in [0.4, 0.5) is 0 Å². The minimum Gasteiger partial charge on any atom is -0.507 e. The van der Waals surface area contributed by atoms with Crippen LogP contribution in [-0.2, 0) is 9.59 Å². The van der Waals surface area contributed by atoms with Gasteiger partial charge in [-0.15, -0.1) is 0 Å². The molecule has 8 heteroatoms. The molecule has 0 saturated carbocycles. The van der Waals surface area contributed by atoms with Crippen molar-refractivity contribution in [1.29, 1.82) is 0 Å². The van der Waals surface area contributed by atoms with Gasteiger partial charge in [-0.05, 0) is 68.4 Å². The second-order valence-corrected chi connectivity index (χ2v) is 9.99. The normalized spacial score (nSPS) is 16.8. The smallest absolute Gasteiger partial charge is 0.295 e. The molecule has 1 atom stereocenters. The Labute approximate surface area is 225 Å². The number of carbonyl (C=O) groups excluding carboxylic acids is 2. The zero-order valence-electron chi connectivity index (χ0n) is 23.1. The molecule has 1 aliphatic heterocycles. The molecular weight excluding hydrogens is 484 g/mol. The Kier molecular flexibility index (Phi) is 9.58. The molecule has 0 bridgehead atoms. The Hall–Kier alpha value is -3.78. The molecular formula is C30H38N2O6. The number of likely N-dealkylation sites (N-methyl/N-ethyl adjacent to an activating group) is 1. The number of hydrogen-bond acceptors (Lipinski definition) is 7. The van der Waals surface area contributed by atoms with E-state index in [9.17, 15) is 14.7 Å². The van der Waals surface area contributed by atoms with Crippen molar-refractivity contribution < 1.29 is 28.9 Å². The van der Waals surface area contributed by atoms with Gasteiger partial charge in [-0.3, -0.25) is 9.59 Å². The SMILES string of the molecule is C=CCOc1ccc(C2/C(=C(\O)c3ccc(OCC(C)C)cc3C)C(=O)C(=O)N2CCN(C)C)cc1OC. The molecule has 1 N–H and O–H groups in total. The van der Waals surface area contributed by atoms with E-state index in [0.29, 0.717) is 60.6 Å². The minimum atomic E-state index is -0.798. The maximum absolute atomic E-state index is 13.4. The van der Waals surface area contributed by atoms with E-state index in [1.54, 1.807) is 36.4 Å². The van der Waals surface area contributed by atoms with E-state index in [1.807, 2.05) is 32.0 Å². The van der Waals surface area contributed by atoms with Gasteiger partial charge >= 0.3 is 0 Å². The lowest BCUT2D eigenvalue weighted by Crippen LogP contribution is -2.35. The molecule has 1 unspecified atom stereocenters. The lowest BCUT2D eigenvalue weighted by molar-refractivity contribution is -0.140. The number of aliphatic hydroxyl groups is 1. The summed E-state index contributed by atoms with van der Waals surface area (Å²) in [5, 5.41) is 11.5. The van der Waals surface area contributed by atoms with Crippen molar-refractivity contribution in [3.8, 4) is 17.2 Å². The molecule has 1 saturated heterocycles. The molecule has 1 fully saturated rings. The first-order valence-corrected chi connectivity index (χ1v) is 12.7. The Morgan fingerprint density at radius 3 is 2.47 bits per heavy atom. The van der Waals surface area contributed by atoms with Crippen molar-refractivity contribution in [3.63, 3.8) is 0 Å². The van der Waals surface area contributed by atoms with E-state index in [0.717, 1.165) is 5.56 Å². The van der Waals surface area contributed by atoms with Crippen molar-refractivity contribution in [2.45, 2.75) is 26.8 Å². The highest BCUT2D eigenvalue weighted by molar-refractivity contribution is 6.46. The third-order valence-electron chi connectivity index (χ3n) is 6.22. The maximum atomic E-state index is 13.4. The van der Waals surface area contributed by atoms with Gasteiger partial charge in [0.15, 0.2) is 11.5 Å². The van der Waals surface area contributed by atoms with Crippen LogP contribution < -0.4 is 14.2 Å². The zero-order valence-corrected chi connectivity index (χ0v) is 23.1. The minimum absolute atomic E-state index is 0.0366. The summed E-state index contributed by atoms with van der Waals surface area (Å²) in [6.07, 6.45) is 1.63. The molecule has 1 amide bonds. The van der Waals surface area contributed by atoms with Crippen LogP contribution in [0.3, 0.4) is 0 Å². The largest absolute Gasteiger partial charge is 0.507 e. The molecule has 38 heavy (non-hydrogen) atoms. The number of aryl methyl sites for hydroxylation is 1. The predicted molar refractivity (Wildman–Crippen MR) is 148 cm³/mol. The summed E-state index contributed by atoms with van der Waals surface area (Å²) in [6.45, 7) is 11.3. The summed E-state index contributed by atoms with van der Waals surface area (Å²) in [7, 11) is 5.31. The topological polar surface area (TPSA) is 88.5 Å². The average molecular weight is 523 g/mol. The second kappa shape index (κ2) is 12.6. The van der Waals surface area contributed by atoms with E-state index >= 15 is 0 Å². The van der Waals surface area contributed by atoms with Gasteiger partial charge in [0.25, 0.3) is 11.7 Å². The van der Waals surface area contributed by atoms with E-state index in [2.05, 4.69) is 20.4 Å². The molecule has 1 aliphatic rings. The molecule has 0 spiro atoms. The number of methoxy groups -OCH3 is 1. The Bertz CT molecular complexity index is 1220. The van der Waals surface area contributed by atoms with Crippen LogP contribution in [0.15, 0.2) is 54.6 Å². The van der Waals surface area contributed by atoms with E-state index in [4.69, 9.17) is 14.2 Å². The van der Waals surface area contributed by atoms with E-state index < -0.39 is 17.7 Å². The number of Topliss-reactive ketones (excluding diaryl/α,β-unsaturated/α-hetero) is 1. The molecule has 204 valence electrons. The van der Waals surface area contributed by atoms with Crippen molar-refractivity contribution >= 4 is 17.4 Å². The van der Waals surface area contributed by atoms with Crippen molar-refractivity contribution in [2.75, 3.05) is 47.5 Å². The standard InChI is InChI=1S/C30H38N2O6/c1-8-15-37-24-12-9-21(17-25(24)36-7)27-26(29(34)30(35)32(27)14-13-31(5)6)28(33)23-11-10-22(16-20(23)4)38-18-19(2)3/h8-12,16-17,19,27,33H,1,13-15,18H2,2-7H3/b28-26+. The number of aliphatic hydroxyl groups excluding tert-OH is 1. The molecule has 3 rings (SSSR count). The van der Waals surface area contributed by atoms with Crippen molar-refractivity contribution in [1.82, 2.24) is 9.80 Å². The number of rotatable bonds is 12. The number of likely N-dealkylation sites (tertiary alicyclic amines) is 1. The van der Waals surface area contributed by atoms with Gasteiger partial charge in [-0.2, -0.15) is 0 Å². The molecule has 0 aromatic heterocycles. The molecule has 0 radical (unpaired) electrons. The Morgan fingerprint density at radius 1 is 1.13 bits per heavy atom. The van der Waals surface area contributed by atoms with Gasteiger partial charge in [-0.1, -0.05) is 32.6 Å². The number of carbonyl (C=O) groups is 2. The second-order valence-electron chi connectivity index (χ2n) is 9.99. The fourth-order valence-electron chi connectivity index (χ4n) is 4.29. The first-order valence-electron chi connectivity index (χ1n) is 12.7. The maximum Gasteiger partial charge on any atom is 0.295 e. The zero-order chi connectivity index (χ0) is 28.0.